The maximum atomic E-state index is 13.0. The van der Waals surface area contributed by atoms with Crippen molar-refractivity contribution in [2.24, 2.45) is 5.41 Å². The van der Waals surface area contributed by atoms with Crippen LogP contribution in [0.4, 0.5) is 5.00 Å². The van der Waals surface area contributed by atoms with E-state index in [0.717, 1.165) is 0 Å². The van der Waals surface area contributed by atoms with Gasteiger partial charge in [0.05, 0.1) is 10.6 Å². The van der Waals surface area contributed by atoms with Gasteiger partial charge in [-0.05, 0) is 36.6 Å². The first kappa shape index (κ1) is 22.3. The number of β-lactam (4-membered cyclic amide) rings is 1. The minimum atomic E-state index is -1.45. The van der Waals surface area contributed by atoms with E-state index in [0.29, 0.717) is 10.6 Å². The molecule has 10 heteroatoms. The predicted molar refractivity (Wildman–Crippen MR) is 121 cm³/mol. The number of carboxylic acid groups (broad SMARTS) is 1. The number of amides is 2. The van der Waals surface area contributed by atoms with Crippen molar-refractivity contribution < 1.29 is 29.0 Å². The van der Waals surface area contributed by atoms with Gasteiger partial charge in [-0.3, -0.25) is 19.3 Å². The van der Waals surface area contributed by atoms with Crippen LogP contribution in [-0.4, -0.2) is 63.6 Å². The Balaban J connectivity index is 1.52. The number of aliphatic carboxylic acids is 1. The molecule has 2 fully saturated rings. The van der Waals surface area contributed by atoms with E-state index in [-0.39, 0.29) is 29.5 Å². The number of nitrogens with zero attached hydrogens (tertiary/aromatic N) is 2. The molecule has 0 saturated carbocycles. The number of carboxylic acids is 1. The van der Waals surface area contributed by atoms with Gasteiger partial charge in [0.15, 0.2) is 0 Å². The molecule has 168 valence electrons. The van der Waals surface area contributed by atoms with Gasteiger partial charge < -0.3 is 14.7 Å². The first-order valence-corrected chi connectivity index (χ1v) is 11.9. The van der Waals surface area contributed by atoms with Gasteiger partial charge in [0.25, 0.3) is 0 Å². The van der Waals surface area contributed by atoms with Crippen LogP contribution in [0.15, 0.2) is 47.8 Å². The zero-order valence-corrected chi connectivity index (χ0v) is 19.1. The van der Waals surface area contributed by atoms with Crippen LogP contribution >= 0.6 is 23.1 Å². The Bertz CT molecular complexity index is 1040. The van der Waals surface area contributed by atoms with Gasteiger partial charge in [0.1, 0.15) is 22.9 Å². The summed E-state index contributed by atoms with van der Waals surface area (Å²) in [4.78, 5) is 53.1. The van der Waals surface area contributed by atoms with Crippen LogP contribution in [0.1, 0.15) is 24.2 Å². The van der Waals surface area contributed by atoms with Crippen molar-refractivity contribution in [3.05, 3.63) is 53.4 Å². The molecule has 4 atom stereocenters. The Labute approximate surface area is 193 Å². The number of thiophene rings is 1. The van der Waals surface area contributed by atoms with Crippen LogP contribution in [0, 0.1) is 5.41 Å². The van der Waals surface area contributed by atoms with Crippen LogP contribution in [0.25, 0.3) is 0 Å². The van der Waals surface area contributed by atoms with E-state index >= 15 is 0 Å². The largest absolute Gasteiger partial charge is 0.481 e. The summed E-state index contributed by atoms with van der Waals surface area (Å²) >= 11 is 2.66. The van der Waals surface area contributed by atoms with Crippen molar-refractivity contribution in [2.45, 2.75) is 31.4 Å². The molecule has 0 aliphatic carbocycles. The number of fused-ring (bicyclic) bond motifs is 1. The van der Waals surface area contributed by atoms with Gasteiger partial charge in [0, 0.05) is 19.2 Å². The Hall–Kier alpha value is -2.85. The van der Waals surface area contributed by atoms with Crippen LogP contribution in [0.2, 0.25) is 0 Å². The van der Waals surface area contributed by atoms with E-state index < -0.39 is 29.5 Å². The van der Waals surface area contributed by atoms with Crippen LogP contribution in [0.5, 0.6) is 0 Å². The lowest BCUT2D eigenvalue weighted by Crippen LogP contribution is -2.75. The summed E-state index contributed by atoms with van der Waals surface area (Å²) in [7, 11) is 0. The van der Waals surface area contributed by atoms with E-state index in [9.17, 15) is 24.3 Å². The quantitative estimate of drug-likeness (QED) is 0.507. The number of carbonyl (C=O) groups excluding carboxylic acids is 3. The minimum absolute atomic E-state index is 0.0885. The highest BCUT2D eigenvalue weighted by Gasteiger charge is 2.61. The number of hydrogen-bond acceptors (Lipinski definition) is 7. The molecule has 32 heavy (non-hydrogen) atoms. The van der Waals surface area contributed by atoms with Crippen molar-refractivity contribution in [1.82, 2.24) is 4.90 Å². The summed E-state index contributed by atoms with van der Waals surface area (Å²) in [6.07, 6.45) is -0.964. The second-order valence-electron chi connectivity index (χ2n) is 7.83. The first-order chi connectivity index (χ1) is 15.3. The van der Waals surface area contributed by atoms with Crippen molar-refractivity contribution in [3.8, 4) is 0 Å². The molecule has 0 spiro atoms. The molecule has 2 saturated heterocycles. The fourth-order valence-electron chi connectivity index (χ4n) is 4.04. The predicted octanol–water partition coefficient (Wildman–Crippen LogP) is 2.70. The second kappa shape index (κ2) is 8.59. The fraction of sp³-hybridized carbons (Fsp3) is 0.364. The zero-order chi connectivity index (χ0) is 23.0. The molecule has 0 radical (unpaired) electrons. The molecule has 8 nitrogen and oxygen atoms in total. The Morgan fingerprint density at radius 2 is 1.94 bits per heavy atom. The normalized spacial score (nSPS) is 25.3. The smallest absolute Gasteiger partial charge is 0.338 e. The number of esters is 1. The summed E-state index contributed by atoms with van der Waals surface area (Å²) in [5.41, 5.74) is -1.12. The van der Waals surface area contributed by atoms with Crippen molar-refractivity contribution >= 4 is 51.9 Å². The molecular weight excluding hydrogens is 452 g/mol. The summed E-state index contributed by atoms with van der Waals surface area (Å²) < 4.78 is 5.52. The summed E-state index contributed by atoms with van der Waals surface area (Å²) in [6.45, 7) is 2.87. The molecule has 3 heterocycles. The van der Waals surface area contributed by atoms with Crippen molar-refractivity contribution in [1.29, 1.82) is 0 Å². The average molecular weight is 475 g/mol. The molecule has 1 aromatic carbocycles. The number of ether oxygens (including phenoxy) is 1. The van der Waals surface area contributed by atoms with Gasteiger partial charge in [-0.2, -0.15) is 0 Å². The van der Waals surface area contributed by atoms with Gasteiger partial charge in [-0.1, -0.05) is 18.2 Å². The Morgan fingerprint density at radius 1 is 1.22 bits per heavy atom. The van der Waals surface area contributed by atoms with E-state index in [1.165, 1.54) is 39.8 Å². The molecular formula is C22H22N2O6S2. The lowest BCUT2D eigenvalue weighted by Gasteiger charge is -2.56. The third-order valence-electron chi connectivity index (χ3n) is 5.94. The molecule has 1 aromatic heterocycles. The number of hydrogen-bond donors (Lipinski definition) is 1. The third-order valence-corrected chi connectivity index (χ3v) is 8.34. The number of carbonyl (C=O) groups is 4. The molecule has 0 bridgehead atoms. The highest BCUT2D eigenvalue weighted by atomic mass is 32.2. The van der Waals surface area contributed by atoms with Crippen molar-refractivity contribution in [3.63, 3.8) is 0 Å². The summed E-state index contributed by atoms with van der Waals surface area (Å²) in [5, 5.41) is 12.2. The molecule has 2 aliphatic heterocycles. The van der Waals surface area contributed by atoms with E-state index in [1.807, 2.05) is 11.4 Å². The van der Waals surface area contributed by atoms with E-state index in [2.05, 4.69) is 0 Å². The number of rotatable bonds is 6. The maximum absolute atomic E-state index is 13.0. The number of anilines is 1. The number of thioether (sulfide) groups is 1. The third kappa shape index (κ3) is 3.67. The number of benzene rings is 1. The Morgan fingerprint density at radius 3 is 2.53 bits per heavy atom. The maximum Gasteiger partial charge on any atom is 0.338 e. The molecule has 3 unspecified atom stereocenters. The van der Waals surface area contributed by atoms with Crippen LogP contribution in [0.3, 0.4) is 0 Å². The van der Waals surface area contributed by atoms with E-state index in [4.69, 9.17) is 4.74 Å². The first-order valence-electron chi connectivity index (χ1n) is 10.0. The molecule has 1 N–H and O–H groups in total. The van der Waals surface area contributed by atoms with Crippen molar-refractivity contribution in [2.75, 3.05) is 17.2 Å². The molecule has 2 amide bonds. The topological polar surface area (TPSA) is 104 Å². The fourth-order valence-corrected chi connectivity index (χ4v) is 6.54. The standard InChI is InChI=1S/C22H22N2O6S2/c1-13(30-20(27)15-7-4-3-5-8-15)22(21(28)29)11-23-18(26)17(19(23)32-12-22)24(14(2)25)16-9-6-10-31-16/h3-10,13,17,19H,11-12H2,1-2H3,(H,28,29)/t13?,17?,19-,22?/m1/s1. The molecule has 2 aliphatic rings. The van der Waals surface area contributed by atoms with Crippen LogP contribution in [-0.2, 0) is 19.1 Å². The second-order valence-corrected chi connectivity index (χ2v) is 9.86. The van der Waals surface area contributed by atoms with Gasteiger partial charge in [-0.25, -0.2) is 4.79 Å². The summed E-state index contributed by atoms with van der Waals surface area (Å²) in [6, 6.07) is 11.3. The van der Waals surface area contributed by atoms with Crippen LogP contribution < -0.4 is 4.90 Å². The van der Waals surface area contributed by atoms with Gasteiger partial charge in [-0.15, -0.1) is 23.1 Å². The average Bonchev–Trinajstić information content (AvgIpc) is 3.31. The molecule has 4 rings (SSSR count). The highest BCUT2D eigenvalue weighted by Crippen LogP contribution is 2.47. The minimum Gasteiger partial charge on any atom is -0.481 e. The SMILES string of the molecule is CC(=O)N(c1cccs1)C1C(=O)N2CC(C(=O)O)(C(C)OC(=O)c3ccccc3)CS[C@H]12. The van der Waals surface area contributed by atoms with E-state index in [1.54, 1.807) is 43.3 Å². The Kier molecular flexibility index (Phi) is 6.00. The highest BCUT2D eigenvalue weighted by molar-refractivity contribution is 8.00. The summed E-state index contributed by atoms with van der Waals surface area (Å²) in [5.74, 6) is -2.15. The lowest BCUT2D eigenvalue weighted by molar-refractivity contribution is -0.163. The lowest BCUT2D eigenvalue weighted by atomic mass is 9.82. The van der Waals surface area contributed by atoms with Gasteiger partial charge in [0.2, 0.25) is 11.8 Å². The zero-order valence-electron chi connectivity index (χ0n) is 17.5. The molecule has 2 aromatic rings. The monoisotopic (exact) mass is 474 g/mol. The van der Waals surface area contributed by atoms with Gasteiger partial charge >= 0.3 is 11.9 Å².